The maximum atomic E-state index is 13.0. The Morgan fingerprint density at radius 1 is 1.23 bits per heavy atom. The quantitative estimate of drug-likeness (QED) is 0.551. The van der Waals surface area contributed by atoms with E-state index in [1.807, 2.05) is 0 Å². The standard InChI is InChI=1S/C20H19Cl2N3O4S2/c1-29-16-9-8-15(22)18-17(16)23-20(30-18)24-19(26)12-3-2-10-25(11-12)31(27,28)14-6-4-13(21)5-7-14/h4-9,12H,2-3,10-11H2,1H3,(H,23,24,26). The molecule has 0 spiro atoms. The fourth-order valence-electron chi connectivity index (χ4n) is 3.51. The van der Waals surface area contributed by atoms with Crippen LogP contribution in [0.3, 0.4) is 0 Å². The highest BCUT2D eigenvalue weighted by molar-refractivity contribution is 7.89. The van der Waals surface area contributed by atoms with Gasteiger partial charge in [0.1, 0.15) is 11.3 Å². The molecule has 1 fully saturated rings. The molecule has 1 amide bonds. The monoisotopic (exact) mass is 499 g/mol. The number of nitrogens with zero attached hydrogens (tertiary/aromatic N) is 2. The topological polar surface area (TPSA) is 88.6 Å². The van der Waals surface area contributed by atoms with Crippen molar-refractivity contribution in [1.29, 1.82) is 0 Å². The van der Waals surface area contributed by atoms with Crippen LogP contribution in [0.25, 0.3) is 10.2 Å². The van der Waals surface area contributed by atoms with Crippen LogP contribution in [0, 0.1) is 5.92 Å². The predicted octanol–water partition coefficient (Wildman–Crippen LogP) is 4.65. The highest BCUT2D eigenvalue weighted by Crippen LogP contribution is 2.37. The van der Waals surface area contributed by atoms with Crippen LogP contribution in [-0.4, -0.2) is 43.8 Å². The second kappa shape index (κ2) is 8.91. The van der Waals surface area contributed by atoms with Crippen LogP contribution in [0.4, 0.5) is 5.13 Å². The number of methoxy groups -OCH3 is 1. The summed E-state index contributed by atoms with van der Waals surface area (Å²) in [5.74, 6) is -0.195. The number of nitrogens with one attached hydrogen (secondary N) is 1. The number of rotatable bonds is 5. The summed E-state index contributed by atoms with van der Waals surface area (Å²) in [7, 11) is -2.17. The van der Waals surface area contributed by atoms with Crippen molar-refractivity contribution in [2.24, 2.45) is 5.92 Å². The minimum Gasteiger partial charge on any atom is -0.494 e. The first-order chi connectivity index (χ1) is 14.8. The highest BCUT2D eigenvalue weighted by atomic mass is 35.5. The Morgan fingerprint density at radius 2 is 1.97 bits per heavy atom. The number of aromatic nitrogens is 1. The van der Waals surface area contributed by atoms with Gasteiger partial charge in [0, 0.05) is 18.1 Å². The van der Waals surface area contributed by atoms with E-state index in [-0.39, 0.29) is 17.3 Å². The number of carbonyl (C=O) groups is 1. The second-order valence-electron chi connectivity index (χ2n) is 7.09. The van der Waals surface area contributed by atoms with Gasteiger partial charge in [0.2, 0.25) is 15.9 Å². The van der Waals surface area contributed by atoms with E-state index in [0.717, 1.165) is 0 Å². The number of amides is 1. The normalized spacial score (nSPS) is 17.6. The van der Waals surface area contributed by atoms with Crippen LogP contribution in [0.15, 0.2) is 41.3 Å². The van der Waals surface area contributed by atoms with E-state index in [1.54, 1.807) is 12.1 Å². The smallest absolute Gasteiger partial charge is 0.243 e. The number of thiazole rings is 1. The molecule has 2 aromatic carbocycles. The number of sulfonamides is 1. The predicted molar refractivity (Wildman–Crippen MR) is 123 cm³/mol. The molecule has 1 unspecified atom stereocenters. The first kappa shape index (κ1) is 22.3. The number of hydrogen-bond donors (Lipinski definition) is 1. The zero-order chi connectivity index (χ0) is 22.2. The Kier molecular flexibility index (Phi) is 6.41. The summed E-state index contributed by atoms with van der Waals surface area (Å²) < 4.78 is 33.3. The third-order valence-electron chi connectivity index (χ3n) is 5.11. The fourth-order valence-corrected chi connectivity index (χ4v) is 6.32. The van der Waals surface area contributed by atoms with Crippen LogP contribution < -0.4 is 10.1 Å². The van der Waals surface area contributed by atoms with Crippen LogP contribution >= 0.6 is 34.5 Å². The molecule has 3 aromatic rings. The summed E-state index contributed by atoms with van der Waals surface area (Å²) in [4.78, 5) is 17.5. The van der Waals surface area contributed by atoms with Gasteiger partial charge >= 0.3 is 0 Å². The molecule has 0 aliphatic carbocycles. The Labute approximate surface area is 194 Å². The minimum atomic E-state index is -3.71. The lowest BCUT2D eigenvalue weighted by Gasteiger charge is -2.31. The van der Waals surface area contributed by atoms with E-state index in [9.17, 15) is 13.2 Å². The first-order valence-corrected chi connectivity index (χ1v) is 12.5. The van der Waals surface area contributed by atoms with Gasteiger partial charge < -0.3 is 10.1 Å². The van der Waals surface area contributed by atoms with Gasteiger partial charge in [-0.15, -0.1) is 0 Å². The largest absolute Gasteiger partial charge is 0.494 e. The van der Waals surface area contributed by atoms with Crippen molar-refractivity contribution in [1.82, 2.24) is 9.29 Å². The first-order valence-electron chi connectivity index (χ1n) is 9.49. The van der Waals surface area contributed by atoms with E-state index in [4.69, 9.17) is 27.9 Å². The number of piperidine rings is 1. The lowest BCUT2D eigenvalue weighted by Crippen LogP contribution is -2.43. The molecule has 1 N–H and O–H groups in total. The number of benzene rings is 2. The molecule has 11 heteroatoms. The van der Waals surface area contributed by atoms with Gasteiger partial charge in [-0.25, -0.2) is 13.4 Å². The summed E-state index contributed by atoms with van der Waals surface area (Å²) in [6, 6.07) is 9.45. The van der Waals surface area contributed by atoms with E-state index in [2.05, 4.69) is 10.3 Å². The van der Waals surface area contributed by atoms with Gasteiger partial charge in [-0.2, -0.15) is 4.31 Å². The third-order valence-corrected chi connectivity index (χ3v) is 8.68. The van der Waals surface area contributed by atoms with Crippen molar-refractivity contribution in [3.8, 4) is 5.75 Å². The summed E-state index contributed by atoms with van der Waals surface area (Å²) in [6.45, 7) is 0.467. The van der Waals surface area contributed by atoms with Gasteiger partial charge in [-0.05, 0) is 49.2 Å². The second-order valence-corrected chi connectivity index (χ2v) is 10.9. The number of hydrogen-bond acceptors (Lipinski definition) is 6. The Balaban J connectivity index is 1.51. The number of ether oxygens (including phenoxy) is 1. The average Bonchev–Trinajstić information content (AvgIpc) is 3.19. The zero-order valence-corrected chi connectivity index (χ0v) is 19.6. The van der Waals surface area contributed by atoms with Crippen LogP contribution in [0.2, 0.25) is 10.0 Å². The maximum absolute atomic E-state index is 13.0. The van der Waals surface area contributed by atoms with E-state index in [1.165, 1.54) is 47.0 Å². The molecule has 0 radical (unpaired) electrons. The zero-order valence-electron chi connectivity index (χ0n) is 16.5. The molecule has 0 bridgehead atoms. The molecule has 164 valence electrons. The fraction of sp³-hybridized carbons (Fsp3) is 0.300. The van der Waals surface area contributed by atoms with Gasteiger partial charge in [0.15, 0.2) is 5.13 Å². The van der Waals surface area contributed by atoms with Gasteiger partial charge in [-0.1, -0.05) is 34.5 Å². The number of fused-ring (bicyclic) bond motifs is 1. The number of anilines is 1. The highest BCUT2D eigenvalue weighted by Gasteiger charge is 2.33. The number of halogens is 2. The molecular weight excluding hydrogens is 481 g/mol. The van der Waals surface area contributed by atoms with E-state index in [0.29, 0.717) is 50.5 Å². The molecule has 1 aliphatic rings. The minimum absolute atomic E-state index is 0.103. The Bertz CT molecular complexity index is 1230. The number of carbonyl (C=O) groups excluding carboxylic acids is 1. The molecular formula is C20H19Cl2N3O4S2. The van der Waals surface area contributed by atoms with Crippen molar-refractivity contribution in [3.05, 3.63) is 46.4 Å². The summed E-state index contributed by atoms with van der Waals surface area (Å²) >= 11 is 13.4. The van der Waals surface area contributed by atoms with Gasteiger partial charge in [0.05, 0.1) is 27.6 Å². The Morgan fingerprint density at radius 3 is 2.68 bits per heavy atom. The Hall–Kier alpha value is -1.91. The summed E-state index contributed by atoms with van der Waals surface area (Å²) in [5.41, 5.74) is 0.575. The van der Waals surface area contributed by atoms with Crippen molar-refractivity contribution in [3.63, 3.8) is 0 Å². The molecule has 7 nitrogen and oxygen atoms in total. The van der Waals surface area contributed by atoms with Crippen LogP contribution in [0.1, 0.15) is 12.8 Å². The van der Waals surface area contributed by atoms with Crippen LogP contribution in [0.5, 0.6) is 5.75 Å². The van der Waals surface area contributed by atoms with Crippen molar-refractivity contribution in [2.75, 3.05) is 25.5 Å². The molecule has 1 aliphatic heterocycles. The van der Waals surface area contributed by atoms with Crippen LogP contribution in [-0.2, 0) is 14.8 Å². The lowest BCUT2D eigenvalue weighted by molar-refractivity contribution is -0.120. The molecule has 2 heterocycles. The summed E-state index contributed by atoms with van der Waals surface area (Å²) in [5, 5.41) is 4.19. The molecule has 1 atom stereocenters. The molecule has 1 aromatic heterocycles. The van der Waals surface area contributed by atoms with Gasteiger partial charge in [0.25, 0.3) is 0 Å². The molecule has 31 heavy (non-hydrogen) atoms. The SMILES string of the molecule is COc1ccc(Cl)c2sc(NC(=O)C3CCCN(S(=O)(=O)c4ccc(Cl)cc4)C3)nc12. The molecule has 0 saturated carbocycles. The van der Waals surface area contributed by atoms with Crippen molar-refractivity contribution < 1.29 is 17.9 Å². The average molecular weight is 500 g/mol. The lowest BCUT2D eigenvalue weighted by atomic mass is 9.99. The summed E-state index contributed by atoms with van der Waals surface area (Å²) in [6.07, 6.45) is 1.18. The third kappa shape index (κ3) is 4.51. The molecule has 4 rings (SSSR count). The molecule has 1 saturated heterocycles. The van der Waals surface area contributed by atoms with Crippen molar-refractivity contribution in [2.45, 2.75) is 17.7 Å². The van der Waals surface area contributed by atoms with E-state index >= 15 is 0 Å². The van der Waals surface area contributed by atoms with E-state index < -0.39 is 15.9 Å². The van der Waals surface area contributed by atoms with Gasteiger partial charge in [-0.3, -0.25) is 4.79 Å². The maximum Gasteiger partial charge on any atom is 0.243 e. The van der Waals surface area contributed by atoms with Crippen molar-refractivity contribution >= 4 is 65.8 Å².